The highest BCUT2D eigenvalue weighted by Crippen LogP contribution is 2.29. The van der Waals surface area contributed by atoms with E-state index in [0.29, 0.717) is 37.3 Å². The van der Waals surface area contributed by atoms with E-state index in [9.17, 15) is 14.4 Å². The Bertz CT molecular complexity index is 1080. The van der Waals surface area contributed by atoms with Crippen LogP contribution in [0.15, 0.2) is 17.1 Å². The number of esters is 1. The van der Waals surface area contributed by atoms with Gasteiger partial charge in [-0.1, -0.05) is 0 Å². The van der Waals surface area contributed by atoms with E-state index in [4.69, 9.17) is 9.47 Å². The van der Waals surface area contributed by atoms with Crippen LogP contribution in [0.2, 0.25) is 0 Å². The largest absolute Gasteiger partial charge is 0.459 e. The number of carbonyl (C=O) groups excluding carboxylic acids is 2. The van der Waals surface area contributed by atoms with E-state index in [1.807, 2.05) is 0 Å². The van der Waals surface area contributed by atoms with Crippen molar-refractivity contribution >= 4 is 34.4 Å². The molecule has 32 heavy (non-hydrogen) atoms. The minimum absolute atomic E-state index is 0.0119. The molecule has 2 N–H and O–H groups in total. The quantitative estimate of drug-likeness (QED) is 0.492. The number of fused-ring (bicyclic) bond motifs is 1. The third kappa shape index (κ3) is 5.16. The molecule has 3 heterocycles. The summed E-state index contributed by atoms with van der Waals surface area (Å²) < 4.78 is 12.0. The summed E-state index contributed by atoms with van der Waals surface area (Å²) >= 11 is 0. The van der Waals surface area contributed by atoms with Gasteiger partial charge < -0.3 is 14.4 Å². The Balaban J connectivity index is 1.71. The highest BCUT2D eigenvalue weighted by atomic mass is 16.6. The maximum Gasteiger partial charge on any atom is 0.350 e. The maximum absolute atomic E-state index is 12.9. The number of carbonyl (C=O) groups is 2. The Labute approximate surface area is 185 Å². The number of morpholine rings is 1. The van der Waals surface area contributed by atoms with Gasteiger partial charge in [0.25, 0.3) is 0 Å². The molecule has 0 unspecified atom stereocenters. The molecule has 4 rings (SSSR count). The number of nitrogens with one attached hydrogen (secondary N) is 2. The Kier molecular flexibility index (Phi) is 6.00. The van der Waals surface area contributed by atoms with Gasteiger partial charge in [0.15, 0.2) is 5.82 Å². The number of amides is 1. The molecule has 1 aliphatic heterocycles. The van der Waals surface area contributed by atoms with E-state index in [1.165, 1.54) is 4.57 Å². The van der Waals surface area contributed by atoms with Gasteiger partial charge in [-0.2, -0.15) is 4.98 Å². The SMILES string of the molecule is CC(C)(C)OC(=O)Cn1c(=O)nc(NNC(=O)C2CC2)c2ncc(N3CCOCC3)cc21. The molecule has 172 valence electrons. The van der Waals surface area contributed by atoms with Crippen molar-refractivity contribution in [2.45, 2.75) is 45.8 Å². The number of ether oxygens (including phenoxy) is 2. The number of nitrogens with zero attached hydrogens (tertiary/aromatic N) is 4. The maximum atomic E-state index is 12.9. The number of hydrazine groups is 1. The monoisotopic (exact) mass is 444 g/mol. The van der Waals surface area contributed by atoms with Crippen LogP contribution < -0.4 is 21.4 Å². The lowest BCUT2D eigenvalue weighted by Crippen LogP contribution is -2.37. The second-order valence-corrected chi connectivity index (χ2v) is 8.96. The lowest BCUT2D eigenvalue weighted by molar-refractivity contribution is -0.155. The molecule has 0 aromatic carbocycles. The van der Waals surface area contributed by atoms with Crippen molar-refractivity contribution in [3.8, 4) is 0 Å². The van der Waals surface area contributed by atoms with Gasteiger partial charge in [-0.05, 0) is 39.7 Å². The second kappa shape index (κ2) is 8.73. The molecule has 11 heteroatoms. The Hall–Kier alpha value is -3.21. The molecule has 2 aliphatic rings. The number of rotatable bonds is 6. The fourth-order valence-electron chi connectivity index (χ4n) is 3.45. The summed E-state index contributed by atoms with van der Waals surface area (Å²) in [5, 5.41) is 0. The topological polar surface area (TPSA) is 128 Å². The van der Waals surface area contributed by atoms with Gasteiger partial charge in [-0.15, -0.1) is 0 Å². The van der Waals surface area contributed by atoms with Crippen LogP contribution in [0.5, 0.6) is 0 Å². The first kappa shape index (κ1) is 22.0. The Morgan fingerprint density at radius 2 is 1.97 bits per heavy atom. The third-order valence-corrected chi connectivity index (χ3v) is 5.14. The van der Waals surface area contributed by atoms with E-state index in [1.54, 1.807) is 33.0 Å². The summed E-state index contributed by atoms with van der Waals surface area (Å²) in [6, 6.07) is 1.80. The lowest BCUT2D eigenvalue weighted by Gasteiger charge is -2.29. The molecule has 0 bridgehead atoms. The first-order valence-electron chi connectivity index (χ1n) is 10.7. The summed E-state index contributed by atoms with van der Waals surface area (Å²) in [6.45, 7) is 7.56. The van der Waals surface area contributed by atoms with Crippen LogP contribution in [-0.2, 0) is 25.6 Å². The molecule has 0 radical (unpaired) electrons. The van der Waals surface area contributed by atoms with Crippen molar-refractivity contribution in [1.29, 1.82) is 0 Å². The number of hydrogen-bond donors (Lipinski definition) is 2. The molecule has 2 aromatic heterocycles. The van der Waals surface area contributed by atoms with Gasteiger partial charge in [-0.3, -0.25) is 25.0 Å². The summed E-state index contributed by atoms with van der Waals surface area (Å²) in [5.41, 5.74) is 5.58. The fourth-order valence-corrected chi connectivity index (χ4v) is 3.45. The van der Waals surface area contributed by atoms with Crippen molar-refractivity contribution < 1.29 is 19.1 Å². The minimum atomic E-state index is -0.685. The highest BCUT2D eigenvalue weighted by molar-refractivity contribution is 5.90. The number of pyridine rings is 1. The summed E-state index contributed by atoms with van der Waals surface area (Å²) in [5.74, 6) is -0.583. The summed E-state index contributed by atoms with van der Waals surface area (Å²) in [7, 11) is 0. The summed E-state index contributed by atoms with van der Waals surface area (Å²) in [6.07, 6.45) is 3.38. The van der Waals surface area contributed by atoms with Crippen molar-refractivity contribution in [2.75, 3.05) is 36.6 Å². The molecule has 2 aromatic rings. The average Bonchev–Trinajstić information content (AvgIpc) is 3.59. The fraction of sp³-hybridized carbons (Fsp3) is 0.571. The normalized spacial score (nSPS) is 16.7. The molecule has 11 nitrogen and oxygen atoms in total. The molecule has 1 aliphatic carbocycles. The van der Waals surface area contributed by atoms with Crippen LogP contribution >= 0.6 is 0 Å². The number of anilines is 2. The average molecular weight is 444 g/mol. The van der Waals surface area contributed by atoms with Crippen LogP contribution in [0, 0.1) is 5.92 Å². The molecule has 2 fully saturated rings. The summed E-state index contributed by atoms with van der Waals surface area (Å²) in [4.78, 5) is 48.0. The zero-order chi connectivity index (χ0) is 22.9. The van der Waals surface area contributed by atoms with Crippen LogP contribution in [0.25, 0.3) is 11.0 Å². The van der Waals surface area contributed by atoms with E-state index in [0.717, 1.165) is 18.5 Å². The standard InChI is InChI=1S/C21H28N6O5/c1-21(2,3)32-16(28)12-27-15-10-14(26-6-8-31-9-7-26)11-22-17(15)18(23-20(27)30)24-25-19(29)13-4-5-13/h10-11,13H,4-9,12H2,1-3H3,(H,25,29)(H,23,24,30). The van der Waals surface area contributed by atoms with Crippen LogP contribution in [-0.4, -0.2) is 58.3 Å². The van der Waals surface area contributed by atoms with Gasteiger partial charge in [0.2, 0.25) is 5.91 Å². The number of aromatic nitrogens is 3. The molecular weight excluding hydrogens is 416 g/mol. The minimum Gasteiger partial charge on any atom is -0.459 e. The molecule has 1 saturated heterocycles. The molecular formula is C21H28N6O5. The van der Waals surface area contributed by atoms with E-state index in [2.05, 4.69) is 25.7 Å². The van der Waals surface area contributed by atoms with Crippen molar-refractivity contribution in [3.63, 3.8) is 0 Å². The van der Waals surface area contributed by atoms with Crippen molar-refractivity contribution in [1.82, 2.24) is 20.0 Å². The molecule has 0 atom stereocenters. The smallest absolute Gasteiger partial charge is 0.350 e. The molecule has 0 spiro atoms. The van der Waals surface area contributed by atoms with E-state index >= 15 is 0 Å². The first-order valence-corrected chi connectivity index (χ1v) is 10.7. The molecule has 1 amide bonds. The lowest BCUT2D eigenvalue weighted by atomic mass is 10.2. The predicted octanol–water partition coefficient (Wildman–Crippen LogP) is 0.823. The van der Waals surface area contributed by atoms with Gasteiger partial charge >= 0.3 is 11.7 Å². The van der Waals surface area contributed by atoms with Gasteiger partial charge in [0.05, 0.1) is 30.6 Å². The second-order valence-electron chi connectivity index (χ2n) is 8.96. The Morgan fingerprint density at radius 1 is 1.25 bits per heavy atom. The zero-order valence-corrected chi connectivity index (χ0v) is 18.5. The number of hydrogen-bond acceptors (Lipinski definition) is 9. The zero-order valence-electron chi connectivity index (χ0n) is 18.5. The van der Waals surface area contributed by atoms with Crippen LogP contribution in [0.4, 0.5) is 11.5 Å². The van der Waals surface area contributed by atoms with E-state index < -0.39 is 17.3 Å². The van der Waals surface area contributed by atoms with Crippen LogP contribution in [0.1, 0.15) is 33.6 Å². The van der Waals surface area contributed by atoms with E-state index in [-0.39, 0.29) is 24.2 Å². The van der Waals surface area contributed by atoms with Crippen molar-refractivity contribution in [3.05, 3.63) is 22.7 Å². The van der Waals surface area contributed by atoms with Gasteiger partial charge in [0, 0.05) is 19.0 Å². The third-order valence-electron chi connectivity index (χ3n) is 5.14. The molecule has 1 saturated carbocycles. The predicted molar refractivity (Wildman–Crippen MR) is 117 cm³/mol. The van der Waals surface area contributed by atoms with Gasteiger partial charge in [-0.25, -0.2) is 9.78 Å². The first-order chi connectivity index (χ1) is 15.2. The van der Waals surface area contributed by atoms with Gasteiger partial charge in [0.1, 0.15) is 17.7 Å². The Morgan fingerprint density at radius 3 is 2.62 bits per heavy atom. The van der Waals surface area contributed by atoms with Crippen LogP contribution in [0.3, 0.4) is 0 Å². The van der Waals surface area contributed by atoms with Crippen molar-refractivity contribution in [2.24, 2.45) is 5.92 Å². The highest BCUT2D eigenvalue weighted by Gasteiger charge is 2.30.